The summed E-state index contributed by atoms with van der Waals surface area (Å²) in [6.07, 6.45) is 3.58. The number of aliphatic carboxylic acids is 1. The van der Waals surface area contributed by atoms with Gasteiger partial charge in [0.2, 0.25) is 0 Å². The van der Waals surface area contributed by atoms with Crippen LogP contribution in [-0.2, 0) is 9.53 Å². The molecule has 0 bridgehead atoms. The summed E-state index contributed by atoms with van der Waals surface area (Å²) >= 11 is 0. The summed E-state index contributed by atoms with van der Waals surface area (Å²) < 4.78 is 5.12. The van der Waals surface area contributed by atoms with Gasteiger partial charge in [0.25, 0.3) is 0 Å². The molecule has 2 amide bonds. The lowest BCUT2D eigenvalue weighted by Crippen LogP contribution is -2.56. The van der Waals surface area contributed by atoms with Crippen LogP contribution in [0.5, 0.6) is 0 Å². The molecule has 108 valence electrons. The Kier molecular flexibility index (Phi) is 4.63. The number of amides is 2. The SMILES string of the molecule is CC1CCCC1CNC(=O)N1CCOCC1C(=O)O. The van der Waals surface area contributed by atoms with Crippen LogP contribution in [0.3, 0.4) is 0 Å². The summed E-state index contributed by atoms with van der Waals surface area (Å²) in [5, 5.41) is 12.0. The highest BCUT2D eigenvalue weighted by Gasteiger charge is 2.33. The lowest BCUT2D eigenvalue weighted by molar-refractivity contribution is -0.147. The van der Waals surface area contributed by atoms with Crippen molar-refractivity contribution in [3.63, 3.8) is 0 Å². The second-order valence-corrected chi connectivity index (χ2v) is 5.48. The fraction of sp³-hybridized carbons (Fsp3) is 0.846. The third-order valence-electron chi connectivity index (χ3n) is 4.23. The molecule has 2 rings (SSSR count). The van der Waals surface area contributed by atoms with Crippen molar-refractivity contribution in [2.24, 2.45) is 11.8 Å². The van der Waals surface area contributed by atoms with E-state index in [0.717, 1.165) is 6.42 Å². The summed E-state index contributed by atoms with van der Waals surface area (Å²) in [5.74, 6) is 0.151. The maximum Gasteiger partial charge on any atom is 0.328 e. The van der Waals surface area contributed by atoms with Gasteiger partial charge in [-0.3, -0.25) is 0 Å². The molecule has 6 heteroatoms. The van der Waals surface area contributed by atoms with Crippen molar-refractivity contribution in [1.82, 2.24) is 10.2 Å². The number of urea groups is 1. The Bertz CT molecular complexity index is 348. The van der Waals surface area contributed by atoms with E-state index in [1.165, 1.54) is 17.7 Å². The lowest BCUT2D eigenvalue weighted by atomic mass is 9.98. The molecule has 3 unspecified atom stereocenters. The Labute approximate surface area is 113 Å². The highest BCUT2D eigenvalue weighted by atomic mass is 16.5. The number of ether oxygens (including phenoxy) is 1. The van der Waals surface area contributed by atoms with E-state index in [2.05, 4.69) is 12.2 Å². The number of morpholine rings is 1. The van der Waals surface area contributed by atoms with Crippen molar-refractivity contribution in [3.8, 4) is 0 Å². The number of hydrogen-bond acceptors (Lipinski definition) is 3. The van der Waals surface area contributed by atoms with Gasteiger partial charge in [-0.1, -0.05) is 19.8 Å². The Hall–Kier alpha value is -1.30. The van der Waals surface area contributed by atoms with Crippen molar-refractivity contribution in [2.75, 3.05) is 26.3 Å². The van der Waals surface area contributed by atoms with Crippen LogP contribution in [0, 0.1) is 11.8 Å². The molecule has 2 aliphatic rings. The van der Waals surface area contributed by atoms with E-state index in [-0.39, 0.29) is 12.6 Å². The van der Waals surface area contributed by atoms with Crippen LogP contribution < -0.4 is 5.32 Å². The largest absolute Gasteiger partial charge is 0.480 e. The van der Waals surface area contributed by atoms with E-state index in [1.807, 2.05) is 0 Å². The molecule has 0 spiro atoms. The Morgan fingerprint density at radius 2 is 2.21 bits per heavy atom. The molecule has 1 aliphatic carbocycles. The number of nitrogens with zero attached hydrogens (tertiary/aromatic N) is 1. The first-order chi connectivity index (χ1) is 9.09. The zero-order valence-corrected chi connectivity index (χ0v) is 11.3. The topological polar surface area (TPSA) is 78.9 Å². The molecule has 0 radical (unpaired) electrons. The fourth-order valence-corrected chi connectivity index (χ4v) is 2.90. The average molecular weight is 270 g/mol. The van der Waals surface area contributed by atoms with Gasteiger partial charge in [0, 0.05) is 13.1 Å². The number of rotatable bonds is 3. The second-order valence-electron chi connectivity index (χ2n) is 5.48. The Balaban J connectivity index is 1.85. The summed E-state index contributed by atoms with van der Waals surface area (Å²) in [6.45, 7) is 3.66. The number of hydrogen-bond donors (Lipinski definition) is 2. The standard InChI is InChI=1S/C13H22N2O4/c1-9-3-2-4-10(9)7-14-13(18)15-5-6-19-8-11(15)12(16)17/h9-11H,2-8H2,1H3,(H,14,18)(H,16,17). The minimum Gasteiger partial charge on any atom is -0.480 e. The van der Waals surface area contributed by atoms with Crippen LogP contribution in [0.2, 0.25) is 0 Å². The van der Waals surface area contributed by atoms with Gasteiger partial charge in [-0.25, -0.2) is 9.59 Å². The number of carbonyl (C=O) groups is 2. The molecule has 19 heavy (non-hydrogen) atoms. The van der Waals surface area contributed by atoms with E-state index in [9.17, 15) is 9.59 Å². The van der Waals surface area contributed by atoms with Crippen molar-refractivity contribution in [1.29, 1.82) is 0 Å². The lowest BCUT2D eigenvalue weighted by Gasteiger charge is -2.33. The van der Waals surface area contributed by atoms with Gasteiger partial charge < -0.3 is 20.1 Å². The van der Waals surface area contributed by atoms with Gasteiger partial charge >= 0.3 is 12.0 Å². The summed E-state index contributed by atoms with van der Waals surface area (Å²) in [7, 11) is 0. The molecule has 2 N–H and O–H groups in total. The molecule has 0 aromatic carbocycles. The van der Waals surface area contributed by atoms with Gasteiger partial charge in [0.15, 0.2) is 6.04 Å². The van der Waals surface area contributed by atoms with Crippen LogP contribution in [0.4, 0.5) is 4.79 Å². The van der Waals surface area contributed by atoms with Crippen molar-refractivity contribution in [2.45, 2.75) is 32.2 Å². The predicted molar refractivity (Wildman–Crippen MR) is 68.9 cm³/mol. The second kappa shape index (κ2) is 6.23. The molecule has 1 aliphatic heterocycles. The molecule has 1 heterocycles. The van der Waals surface area contributed by atoms with E-state index in [0.29, 0.717) is 31.5 Å². The Morgan fingerprint density at radius 1 is 1.42 bits per heavy atom. The van der Waals surface area contributed by atoms with Crippen LogP contribution >= 0.6 is 0 Å². The van der Waals surface area contributed by atoms with Gasteiger partial charge in [0.05, 0.1) is 13.2 Å². The summed E-state index contributed by atoms with van der Waals surface area (Å²) in [4.78, 5) is 24.5. The monoisotopic (exact) mass is 270 g/mol. The minimum atomic E-state index is -1.01. The summed E-state index contributed by atoms with van der Waals surface area (Å²) in [6, 6.07) is -1.15. The first kappa shape index (κ1) is 14.1. The fourth-order valence-electron chi connectivity index (χ4n) is 2.90. The van der Waals surface area contributed by atoms with Crippen LogP contribution in [-0.4, -0.2) is 54.4 Å². The van der Waals surface area contributed by atoms with Gasteiger partial charge in [-0.2, -0.15) is 0 Å². The van der Waals surface area contributed by atoms with E-state index < -0.39 is 12.0 Å². The van der Waals surface area contributed by atoms with Crippen molar-refractivity contribution < 1.29 is 19.4 Å². The third-order valence-corrected chi connectivity index (χ3v) is 4.23. The zero-order chi connectivity index (χ0) is 13.8. The molecule has 6 nitrogen and oxygen atoms in total. The third kappa shape index (κ3) is 3.37. The minimum absolute atomic E-state index is 0.0720. The molecule has 2 fully saturated rings. The molecule has 0 aromatic heterocycles. The Morgan fingerprint density at radius 3 is 2.84 bits per heavy atom. The first-order valence-electron chi connectivity index (χ1n) is 6.94. The molecule has 1 saturated carbocycles. The number of carboxylic acids is 1. The average Bonchev–Trinajstić information content (AvgIpc) is 2.81. The van der Waals surface area contributed by atoms with Crippen LogP contribution in [0.25, 0.3) is 0 Å². The number of carbonyl (C=O) groups excluding carboxylic acids is 1. The van der Waals surface area contributed by atoms with Crippen molar-refractivity contribution >= 4 is 12.0 Å². The van der Waals surface area contributed by atoms with E-state index in [1.54, 1.807) is 0 Å². The van der Waals surface area contributed by atoms with E-state index >= 15 is 0 Å². The van der Waals surface area contributed by atoms with E-state index in [4.69, 9.17) is 9.84 Å². The van der Waals surface area contributed by atoms with Crippen LogP contribution in [0.15, 0.2) is 0 Å². The van der Waals surface area contributed by atoms with Crippen molar-refractivity contribution in [3.05, 3.63) is 0 Å². The molecule has 0 aromatic rings. The van der Waals surface area contributed by atoms with Gasteiger partial charge in [-0.05, 0) is 18.3 Å². The van der Waals surface area contributed by atoms with Crippen LogP contribution in [0.1, 0.15) is 26.2 Å². The highest BCUT2D eigenvalue weighted by molar-refractivity contribution is 5.83. The summed E-state index contributed by atoms with van der Waals surface area (Å²) in [5.41, 5.74) is 0. The number of nitrogens with one attached hydrogen (secondary N) is 1. The molecule has 1 saturated heterocycles. The van der Waals surface area contributed by atoms with Gasteiger partial charge in [0.1, 0.15) is 0 Å². The molecule has 3 atom stereocenters. The zero-order valence-electron chi connectivity index (χ0n) is 11.3. The smallest absolute Gasteiger partial charge is 0.328 e. The molecular weight excluding hydrogens is 248 g/mol. The number of carboxylic acid groups (broad SMARTS) is 1. The first-order valence-corrected chi connectivity index (χ1v) is 6.94. The normalized spacial score (nSPS) is 31.2. The highest BCUT2D eigenvalue weighted by Crippen LogP contribution is 2.30. The quantitative estimate of drug-likeness (QED) is 0.799. The predicted octanol–water partition coefficient (Wildman–Crippen LogP) is 0.918. The maximum absolute atomic E-state index is 12.1. The maximum atomic E-state index is 12.1. The molecular formula is C13H22N2O4. The van der Waals surface area contributed by atoms with Gasteiger partial charge in [-0.15, -0.1) is 0 Å².